The van der Waals surface area contributed by atoms with E-state index in [0.717, 1.165) is 12.1 Å². The van der Waals surface area contributed by atoms with E-state index in [1.807, 2.05) is 19.1 Å². The Kier molecular flexibility index (Phi) is 6.68. The molecule has 0 aliphatic heterocycles. The van der Waals surface area contributed by atoms with Crippen LogP contribution in [0.1, 0.15) is 23.8 Å². The summed E-state index contributed by atoms with van der Waals surface area (Å²) in [5, 5.41) is 7.65. The monoisotopic (exact) mass is 328 g/mol. The van der Waals surface area contributed by atoms with Gasteiger partial charge < -0.3 is 11.1 Å². The van der Waals surface area contributed by atoms with Crippen molar-refractivity contribution in [2.45, 2.75) is 19.4 Å². The summed E-state index contributed by atoms with van der Waals surface area (Å²) in [6.07, 6.45) is 2.47. The fourth-order valence-corrected chi connectivity index (χ4v) is 1.90. The van der Waals surface area contributed by atoms with Crippen molar-refractivity contribution in [3.63, 3.8) is 0 Å². The van der Waals surface area contributed by atoms with Gasteiger partial charge in [0.05, 0.1) is 5.69 Å². The van der Waals surface area contributed by atoms with Crippen molar-refractivity contribution in [1.29, 1.82) is 0 Å². The number of aromatic nitrogens is 2. The van der Waals surface area contributed by atoms with E-state index in [4.69, 9.17) is 17.3 Å². The van der Waals surface area contributed by atoms with Crippen LogP contribution in [0.5, 0.6) is 0 Å². The highest BCUT2D eigenvalue weighted by molar-refractivity contribution is 6.30. The predicted octanol–water partition coefficient (Wildman–Crippen LogP) is 2.41. The van der Waals surface area contributed by atoms with E-state index < -0.39 is 0 Å². The van der Waals surface area contributed by atoms with Gasteiger partial charge in [-0.15, -0.1) is 12.4 Å². The minimum Gasteiger partial charge on any atom is -0.351 e. The quantitative estimate of drug-likeness (QED) is 0.885. The SMILES string of the molecule is CC(N)CCNC(=O)c1ccn(-c2cccc(Cl)c2)n1.Cl. The fourth-order valence-electron chi connectivity index (χ4n) is 1.71. The Balaban J connectivity index is 0.00000220. The van der Waals surface area contributed by atoms with Gasteiger partial charge in [0.25, 0.3) is 5.91 Å². The van der Waals surface area contributed by atoms with Crippen LogP contribution in [-0.4, -0.2) is 28.3 Å². The van der Waals surface area contributed by atoms with Gasteiger partial charge in [0.2, 0.25) is 0 Å². The minimum atomic E-state index is -0.202. The summed E-state index contributed by atoms with van der Waals surface area (Å²) in [5.74, 6) is -0.202. The molecule has 1 unspecified atom stereocenters. The third-order valence-electron chi connectivity index (χ3n) is 2.78. The molecule has 1 atom stereocenters. The van der Waals surface area contributed by atoms with Crippen LogP contribution in [0.2, 0.25) is 5.02 Å². The van der Waals surface area contributed by atoms with Gasteiger partial charge in [-0.25, -0.2) is 4.68 Å². The topological polar surface area (TPSA) is 72.9 Å². The summed E-state index contributed by atoms with van der Waals surface area (Å²) in [6.45, 7) is 2.44. The molecule has 2 aromatic rings. The van der Waals surface area contributed by atoms with E-state index in [1.54, 1.807) is 29.1 Å². The van der Waals surface area contributed by atoms with Crippen molar-refractivity contribution < 1.29 is 4.79 Å². The normalized spacial score (nSPS) is 11.6. The van der Waals surface area contributed by atoms with Crippen molar-refractivity contribution >= 4 is 29.9 Å². The van der Waals surface area contributed by atoms with Crippen LogP contribution < -0.4 is 11.1 Å². The predicted molar refractivity (Wildman–Crippen MR) is 86.4 cm³/mol. The third-order valence-corrected chi connectivity index (χ3v) is 3.01. The van der Waals surface area contributed by atoms with E-state index in [9.17, 15) is 4.79 Å². The van der Waals surface area contributed by atoms with Gasteiger partial charge in [0, 0.05) is 23.8 Å². The zero-order chi connectivity index (χ0) is 14.5. The summed E-state index contributed by atoms with van der Waals surface area (Å²) in [6, 6.07) is 9.02. The second-order valence-electron chi connectivity index (χ2n) is 4.65. The summed E-state index contributed by atoms with van der Waals surface area (Å²) in [7, 11) is 0. The first-order chi connectivity index (χ1) is 9.56. The second kappa shape index (κ2) is 8.02. The molecule has 5 nitrogen and oxygen atoms in total. The first-order valence-electron chi connectivity index (χ1n) is 6.41. The van der Waals surface area contributed by atoms with Crippen molar-refractivity contribution in [2.24, 2.45) is 5.73 Å². The summed E-state index contributed by atoms with van der Waals surface area (Å²) in [4.78, 5) is 11.9. The Morgan fingerprint density at radius 2 is 2.24 bits per heavy atom. The smallest absolute Gasteiger partial charge is 0.271 e. The molecular weight excluding hydrogens is 311 g/mol. The number of nitrogens with two attached hydrogens (primary N) is 1. The summed E-state index contributed by atoms with van der Waals surface area (Å²) in [5.41, 5.74) is 6.81. The second-order valence-corrected chi connectivity index (χ2v) is 5.08. The Morgan fingerprint density at radius 3 is 2.90 bits per heavy atom. The number of rotatable bonds is 5. The van der Waals surface area contributed by atoms with Crippen LogP contribution in [0.3, 0.4) is 0 Å². The molecular formula is C14H18Cl2N4O. The Hall–Kier alpha value is -1.56. The van der Waals surface area contributed by atoms with Gasteiger partial charge >= 0.3 is 0 Å². The number of amides is 1. The third kappa shape index (κ3) is 5.04. The van der Waals surface area contributed by atoms with Gasteiger partial charge in [-0.1, -0.05) is 17.7 Å². The average Bonchev–Trinajstić information content (AvgIpc) is 2.87. The lowest BCUT2D eigenvalue weighted by Crippen LogP contribution is -2.29. The minimum absolute atomic E-state index is 0. The highest BCUT2D eigenvalue weighted by Gasteiger charge is 2.10. The lowest BCUT2D eigenvalue weighted by molar-refractivity contribution is 0.0947. The molecule has 114 valence electrons. The van der Waals surface area contributed by atoms with Crippen molar-refractivity contribution in [3.8, 4) is 5.69 Å². The molecule has 0 fully saturated rings. The molecule has 0 bridgehead atoms. The molecule has 0 spiro atoms. The molecule has 21 heavy (non-hydrogen) atoms. The maximum Gasteiger partial charge on any atom is 0.271 e. The van der Waals surface area contributed by atoms with E-state index in [-0.39, 0.29) is 24.4 Å². The number of benzene rings is 1. The first kappa shape index (κ1) is 17.5. The molecule has 0 aliphatic rings. The molecule has 1 heterocycles. The molecule has 1 aromatic heterocycles. The average molecular weight is 329 g/mol. The number of carbonyl (C=O) groups excluding carboxylic acids is 1. The molecule has 7 heteroatoms. The van der Waals surface area contributed by atoms with Crippen LogP contribution in [0.15, 0.2) is 36.5 Å². The maximum absolute atomic E-state index is 11.9. The summed E-state index contributed by atoms with van der Waals surface area (Å²) < 4.78 is 1.62. The summed E-state index contributed by atoms with van der Waals surface area (Å²) >= 11 is 5.93. The molecule has 1 amide bonds. The van der Waals surface area contributed by atoms with Gasteiger partial charge in [-0.2, -0.15) is 5.10 Å². The number of carbonyl (C=O) groups is 1. The molecule has 1 aromatic carbocycles. The highest BCUT2D eigenvalue weighted by Crippen LogP contribution is 2.14. The largest absolute Gasteiger partial charge is 0.351 e. The lowest BCUT2D eigenvalue weighted by Gasteiger charge is -2.05. The van der Waals surface area contributed by atoms with Crippen molar-refractivity contribution in [1.82, 2.24) is 15.1 Å². The Morgan fingerprint density at radius 1 is 1.48 bits per heavy atom. The maximum atomic E-state index is 11.9. The molecule has 3 N–H and O–H groups in total. The van der Waals surface area contributed by atoms with Crippen LogP contribution in [-0.2, 0) is 0 Å². The zero-order valence-electron chi connectivity index (χ0n) is 11.6. The van der Waals surface area contributed by atoms with Gasteiger partial charge in [-0.05, 0) is 37.6 Å². The van der Waals surface area contributed by atoms with Crippen molar-refractivity contribution in [2.75, 3.05) is 6.54 Å². The lowest BCUT2D eigenvalue weighted by atomic mass is 10.2. The number of hydrogen-bond acceptors (Lipinski definition) is 3. The Labute approximate surface area is 134 Å². The van der Waals surface area contributed by atoms with Gasteiger partial charge in [0.1, 0.15) is 0 Å². The Bertz CT molecular complexity index is 598. The van der Waals surface area contributed by atoms with Gasteiger partial charge in [0.15, 0.2) is 5.69 Å². The number of nitrogens with zero attached hydrogens (tertiary/aromatic N) is 2. The van der Waals surface area contributed by atoms with Crippen LogP contribution in [0, 0.1) is 0 Å². The highest BCUT2D eigenvalue weighted by atomic mass is 35.5. The number of hydrogen-bond donors (Lipinski definition) is 2. The van der Waals surface area contributed by atoms with E-state index >= 15 is 0 Å². The zero-order valence-corrected chi connectivity index (χ0v) is 13.2. The first-order valence-corrected chi connectivity index (χ1v) is 6.79. The molecule has 0 saturated carbocycles. The van der Waals surface area contributed by atoms with E-state index in [1.165, 1.54) is 0 Å². The van der Waals surface area contributed by atoms with Crippen LogP contribution in [0.4, 0.5) is 0 Å². The standard InChI is InChI=1S/C14H17ClN4O.ClH/c1-10(16)5-7-17-14(20)13-6-8-19(18-13)12-4-2-3-11(15)9-12;/h2-4,6,8-10H,5,7,16H2,1H3,(H,17,20);1H. The van der Waals surface area contributed by atoms with E-state index in [0.29, 0.717) is 17.3 Å². The molecule has 0 radical (unpaired) electrons. The van der Waals surface area contributed by atoms with Crippen LogP contribution >= 0.6 is 24.0 Å². The number of halogens is 2. The van der Waals surface area contributed by atoms with Crippen LogP contribution in [0.25, 0.3) is 5.69 Å². The fraction of sp³-hybridized carbons (Fsp3) is 0.286. The molecule has 2 rings (SSSR count). The molecule has 0 saturated heterocycles. The van der Waals surface area contributed by atoms with E-state index in [2.05, 4.69) is 10.4 Å². The van der Waals surface area contributed by atoms with Crippen molar-refractivity contribution in [3.05, 3.63) is 47.2 Å². The number of nitrogens with one attached hydrogen (secondary N) is 1. The van der Waals surface area contributed by atoms with Gasteiger partial charge in [-0.3, -0.25) is 4.79 Å². The molecule has 0 aliphatic carbocycles.